The number of carbonyl (C=O) groups excluding carboxylic acids is 1. The number of carbonyl (C=O) groups is 1. The molecule has 1 aromatic heterocycles. The number of amidine groups is 1. The van der Waals surface area contributed by atoms with Gasteiger partial charge in [-0.1, -0.05) is 30.5 Å². The average molecular weight is 290 g/mol. The molecule has 6 heteroatoms. The van der Waals surface area contributed by atoms with Crippen LogP contribution in [0.1, 0.15) is 37.8 Å². The number of pyridine rings is 1. The predicted molar refractivity (Wildman–Crippen MR) is 79.6 cm³/mol. The molecule has 0 bridgehead atoms. The summed E-state index contributed by atoms with van der Waals surface area (Å²) in [4.78, 5) is 18.7. The number of oxime groups is 1. The van der Waals surface area contributed by atoms with E-state index in [4.69, 9.17) is 10.9 Å². The standard InChI is InChI=1S/C15H22N4O2/c1-19(11-12-7-3-6-10-17-12)14(20)15(13(16)18-21)8-4-2-5-9-15/h3,6-7,10,21H,2,4-5,8-9,11H2,1H3,(H2,16,18). The molecule has 1 aromatic rings. The second-order valence-electron chi connectivity index (χ2n) is 5.61. The number of amides is 1. The number of hydrogen-bond donors (Lipinski definition) is 2. The van der Waals surface area contributed by atoms with Crippen molar-refractivity contribution < 1.29 is 10.0 Å². The van der Waals surface area contributed by atoms with Crippen LogP contribution in [0.3, 0.4) is 0 Å². The van der Waals surface area contributed by atoms with Gasteiger partial charge in [0, 0.05) is 13.2 Å². The fourth-order valence-corrected chi connectivity index (χ4v) is 3.00. The molecule has 0 unspecified atom stereocenters. The maximum atomic E-state index is 12.9. The molecular weight excluding hydrogens is 268 g/mol. The zero-order chi connectivity index (χ0) is 15.3. The number of hydrogen-bond acceptors (Lipinski definition) is 4. The molecule has 6 nitrogen and oxygen atoms in total. The van der Waals surface area contributed by atoms with E-state index in [1.807, 2.05) is 18.2 Å². The second-order valence-corrected chi connectivity index (χ2v) is 5.61. The van der Waals surface area contributed by atoms with Crippen LogP contribution in [-0.2, 0) is 11.3 Å². The van der Waals surface area contributed by atoms with E-state index >= 15 is 0 Å². The number of nitrogens with two attached hydrogens (primary N) is 1. The highest BCUT2D eigenvalue weighted by molar-refractivity contribution is 6.06. The van der Waals surface area contributed by atoms with E-state index in [9.17, 15) is 4.79 Å². The lowest BCUT2D eigenvalue weighted by atomic mass is 9.72. The zero-order valence-corrected chi connectivity index (χ0v) is 12.3. The molecule has 21 heavy (non-hydrogen) atoms. The normalized spacial score (nSPS) is 18.2. The minimum absolute atomic E-state index is 0.0278. The van der Waals surface area contributed by atoms with Gasteiger partial charge in [-0.2, -0.15) is 0 Å². The largest absolute Gasteiger partial charge is 0.409 e. The van der Waals surface area contributed by atoms with E-state index in [-0.39, 0.29) is 11.7 Å². The van der Waals surface area contributed by atoms with Crippen molar-refractivity contribution in [3.05, 3.63) is 30.1 Å². The predicted octanol–water partition coefficient (Wildman–Crippen LogP) is 1.74. The van der Waals surface area contributed by atoms with Crippen LogP contribution < -0.4 is 5.73 Å². The molecule has 3 N–H and O–H groups in total. The van der Waals surface area contributed by atoms with Gasteiger partial charge in [0.2, 0.25) is 5.91 Å². The van der Waals surface area contributed by atoms with Gasteiger partial charge in [-0.25, -0.2) is 0 Å². The maximum Gasteiger partial charge on any atom is 0.236 e. The van der Waals surface area contributed by atoms with Crippen LogP contribution in [0.25, 0.3) is 0 Å². The molecule has 0 radical (unpaired) electrons. The Labute approximate surface area is 124 Å². The van der Waals surface area contributed by atoms with Crippen molar-refractivity contribution in [3.63, 3.8) is 0 Å². The summed E-state index contributed by atoms with van der Waals surface area (Å²) in [7, 11) is 1.73. The van der Waals surface area contributed by atoms with Gasteiger partial charge in [0.05, 0.1) is 12.2 Å². The van der Waals surface area contributed by atoms with E-state index < -0.39 is 5.41 Å². The molecule has 1 heterocycles. The molecule has 0 saturated heterocycles. The van der Waals surface area contributed by atoms with Crippen molar-refractivity contribution in [2.75, 3.05) is 7.05 Å². The molecule has 1 aliphatic carbocycles. The quantitative estimate of drug-likeness (QED) is 0.382. The van der Waals surface area contributed by atoms with Crippen molar-refractivity contribution in [1.29, 1.82) is 0 Å². The summed E-state index contributed by atoms with van der Waals surface area (Å²) in [5.74, 6) is -0.0665. The molecule has 0 atom stereocenters. The SMILES string of the molecule is CN(Cc1ccccn1)C(=O)C1(C(N)=NO)CCCCC1. The molecule has 1 saturated carbocycles. The van der Waals surface area contributed by atoms with Gasteiger partial charge < -0.3 is 15.8 Å². The van der Waals surface area contributed by atoms with Gasteiger partial charge in [0.15, 0.2) is 5.84 Å². The lowest BCUT2D eigenvalue weighted by molar-refractivity contribution is -0.139. The van der Waals surface area contributed by atoms with Crippen molar-refractivity contribution in [3.8, 4) is 0 Å². The smallest absolute Gasteiger partial charge is 0.236 e. The van der Waals surface area contributed by atoms with Gasteiger partial charge in [-0.05, 0) is 25.0 Å². The lowest BCUT2D eigenvalue weighted by Gasteiger charge is -2.37. The Hall–Kier alpha value is -2.11. The average Bonchev–Trinajstić information content (AvgIpc) is 2.54. The highest BCUT2D eigenvalue weighted by Gasteiger charge is 2.45. The second kappa shape index (κ2) is 6.56. The Kier molecular flexibility index (Phi) is 4.77. The summed E-state index contributed by atoms with van der Waals surface area (Å²) in [6.07, 6.45) is 5.88. The first-order chi connectivity index (χ1) is 10.1. The van der Waals surface area contributed by atoms with Gasteiger partial charge in [-0.3, -0.25) is 9.78 Å². The van der Waals surface area contributed by atoms with E-state index in [0.717, 1.165) is 25.0 Å². The zero-order valence-electron chi connectivity index (χ0n) is 12.3. The van der Waals surface area contributed by atoms with Crippen LogP contribution >= 0.6 is 0 Å². The molecule has 0 spiro atoms. The Bertz CT molecular complexity index is 510. The number of aromatic nitrogens is 1. The van der Waals surface area contributed by atoms with Gasteiger partial charge in [-0.15, -0.1) is 0 Å². The van der Waals surface area contributed by atoms with Crippen LogP contribution in [-0.4, -0.2) is 33.9 Å². The molecule has 0 aromatic carbocycles. The number of rotatable bonds is 4. The first kappa shape index (κ1) is 15.3. The highest BCUT2D eigenvalue weighted by Crippen LogP contribution is 2.38. The number of nitrogens with zero attached hydrogens (tertiary/aromatic N) is 3. The fraction of sp³-hybridized carbons (Fsp3) is 0.533. The van der Waals surface area contributed by atoms with Crippen molar-refractivity contribution in [1.82, 2.24) is 9.88 Å². The third-order valence-corrected chi connectivity index (χ3v) is 4.19. The first-order valence-corrected chi connectivity index (χ1v) is 7.23. The molecule has 2 rings (SSSR count). The minimum atomic E-state index is -0.865. The van der Waals surface area contributed by atoms with E-state index in [1.165, 1.54) is 0 Å². The summed E-state index contributed by atoms with van der Waals surface area (Å²) in [6, 6.07) is 5.60. The molecule has 1 aliphatic rings. The maximum absolute atomic E-state index is 12.9. The van der Waals surface area contributed by atoms with Crippen LogP contribution in [0.2, 0.25) is 0 Å². The van der Waals surface area contributed by atoms with Crippen molar-refractivity contribution in [2.45, 2.75) is 38.6 Å². The molecule has 114 valence electrons. The molecular formula is C15H22N4O2. The van der Waals surface area contributed by atoms with E-state index in [2.05, 4.69) is 10.1 Å². The topological polar surface area (TPSA) is 91.8 Å². The monoisotopic (exact) mass is 290 g/mol. The Balaban J connectivity index is 2.18. The summed E-state index contributed by atoms with van der Waals surface area (Å²) >= 11 is 0. The van der Waals surface area contributed by atoms with E-state index in [0.29, 0.717) is 19.4 Å². The molecule has 1 amide bonds. The third kappa shape index (κ3) is 3.15. The molecule has 0 aliphatic heterocycles. The minimum Gasteiger partial charge on any atom is -0.409 e. The Morgan fingerprint density at radius 2 is 2.14 bits per heavy atom. The van der Waals surface area contributed by atoms with Gasteiger partial charge in [0.1, 0.15) is 5.41 Å². The summed E-state index contributed by atoms with van der Waals surface area (Å²) in [5.41, 5.74) is 5.81. The van der Waals surface area contributed by atoms with Crippen molar-refractivity contribution in [2.24, 2.45) is 16.3 Å². The van der Waals surface area contributed by atoms with Gasteiger partial charge >= 0.3 is 0 Å². The van der Waals surface area contributed by atoms with E-state index in [1.54, 1.807) is 18.1 Å². The summed E-state index contributed by atoms with van der Waals surface area (Å²) in [6.45, 7) is 0.417. The third-order valence-electron chi connectivity index (χ3n) is 4.19. The van der Waals surface area contributed by atoms with Crippen LogP contribution in [0, 0.1) is 5.41 Å². The van der Waals surface area contributed by atoms with Gasteiger partial charge in [0.25, 0.3) is 0 Å². The lowest BCUT2D eigenvalue weighted by Crippen LogP contribution is -2.51. The Morgan fingerprint density at radius 3 is 2.71 bits per heavy atom. The fourth-order valence-electron chi connectivity index (χ4n) is 3.00. The van der Waals surface area contributed by atoms with Crippen molar-refractivity contribution >= 4 is 11.7 Å². The first-order valence-electron chi connectivity index (χ1n) is 7.23. The molecule has 1 fully saturated rings. The Morgan fingerprint density at radius 1 is 1.43 bits per heavy atom. The summed E-state index contributed by atoms with van der Waals surface area (Å²) < 4.78 is 0. The van der Waals surface area contributed by atoms with Crippen LogP contribution in [0.4, 0.5) is 0 Å². The van der Waals surface area contributed by atoms with Crippen LogP contribution in [0.15, 0.2) is 29.6 Å². The van der Waals surface area contributed by atoms with Crippen LogP contribution in [0.5, 0.6) is 0 Å². The highest BCUT2D eigenvalue weighted by atomic mass is 16.4. The summed E-state index contributed by atoms with van der Waals surface area (Å²) in [5, 5.41) is 12.2.